The average molecular weight is 611 g/mol. The number of benzene rings is 3. The van der Waals surface area contributed by atoms with Crippen molar-refractivity contribution in [3.8, 4) is 0 Å². The number of carbonyl (C=O) groups excluding carboxylic acids is 2. The fourth-order valence-electron chi connectivity index (χ4n) is 3.84. The second kappa shape index (κ2) is 14.0. The molecular formula is C28H30Cl3N3O4S. The molecule has 0 saturated heterocycles. The number of nitrogens with zero attached hydrogens (tertiary/aromatic N) is 2. The van der Waals surface area contributed by atoms with Crippen LogP contribution in [0.1, 0.15) is 32.3 Å². The molecule has 0 bridgehead atoms. The van der Waals surface area contributed by atoms with E-state index in [0.717, 1.165) is 17.1 Å². The molecular weight excluding hydrogens is 581 g/mol. The van der Waals surface area contributed by atoms with Crippen molar-refractivity contribution in [3.05, 3.63) is 93.4 Å². The van der Waals surface area contributed by atoms with Gasteiger partial charge in [-0.15, -0.1) is 0 Å². The standard InChI is InChI=1S/C28H30Cl3N3O4S/c1-3-4-16-32-28(36)20(2)33(18-21-14-15-22(29)17-25(21)31)27(35)19-34(26-13-9-8-12-24(26)30)39(37,38)23-10-6-5-7-11-23/h5-15,17,20H,3-4,16,18-19H2,1-2H3,(H,32,36)/t20-/m1/s1. The highest BCUT2D eigenvalue weighted by molar-refractivity contribution is 7.92. The van der Waals surface area contributed by atoms with Crippen LogP contribution in [-0.2, 0) is 26.2 Å². The lowest BCUT2D eigenvalue weighted by atomic mass is 10.1. The highest BCUT2D eigenvalue weighted by Crippen LogP contribution is 2.31. The van der Waals surface area contributed by atoms with Gasteiger partial charge in [0.15, 0.2) is 0 Å². The van der Waals surface area contributed by atoms with Gasteiger partial charge in [0.05, 0.1) is 15.6 Å². The van der Waals surface area contributed by atoms with Crippen LogP contribution in [0.5, 0.6) is 0 Å². The second-order valence-electron chi connectivity index (χ2n) is 8.85. The van der Waals surface area contributed by atoms with Crippen molar-refractivity contribution in [3.63, 3.8) is 0 Å². The molecule has 1 atom stereocenters. The number of hydrogen-bond acceptors (Lipinski definition) is 4. The van der Waals surface area contributed by atoms with Gasteiger partial charge in [-0.3, -0.25) is 13.9 Å². The Morgan fingerprint density at radius 1 is 0.923 bits per heavy atom. The van der Waals surface area contributed by atoms with Gasteiger partial charge in [0.25, 0.3) is 10.0 Å². The van der Waals surface area contributed by atoms with Gasteiger partial charge >= 0.3 is 0 Å². The third-order valence-electron chi connectivity index (χ3n) is 6.08. The van der Waals surface area contributed by atoms with E-state index in [-0.39, 0.29) is 28.1 Å². The number of rotatable bonds is 12. The first-order chi connectivity index (χ1) is 18.6. The van der Waals surface area contributed by atoms with Gasteiger partial charge in [-0.05, 0) is 55.3 Å². The minimum atomic E-state index is -4.20. The molecule has 0 fully saturated rings. The van der Waals surface area contributed by atoms with E-state index in [1.54, 1.807) is 61.5 Å². The van der Waals surface area contributed by atoms with Gasteiger partial charge in [-0.25, -0.2) is 8.42 Å². The monoisotopic (exact) mass is 609 g/mol. The Balaban J connectivity index is 2.02. The van der Waals surface area contributed by atoms with Crippen LogP contribution in [0.3, 0.4) is 0 Å². The van der Waals surface area contributed by atoms with Gasteiger partial charge < -0.3 is 10.2 Å². The number of amides is 2. The number of anilines is 1. The predicted molar refractivity (Wildman–Crippen MR) is 157 cm³/mol. The van der Waals surface area contributed by atoms with Crippen molar-refractivity contribution in [1.29, 1.82) is 0 Å². The maximum atomic E-state index is 13.9. The first kappa shape index (κ1) is 30.8. The summed E-state index contributed by atoms with van der Waals surface area (Å²) < 4.78 is 28.5. The van der Waals surface area contributed by atoms with Crippen LogP contribution >= 0.6 is 34.8 Å². The van der Waals surface area contributed by atoms with Crippen LogP contribution in [0.25, 0.3) is 0 Å². The molecule has 0 heterocycles. The molecule has 7 nitrogen and oxygen atoms in total. The lowest BCUT2D eigenvalue weighted by molar-refractivity contribution is -0.139. The zero-order valence-electron chi connectivity index (χ0n) is 21.6. The SMILES string of the molecule is CCCCNC(=O)[C@@H](C)N(Cc1ccc(Cl)cc1Cl)C(=O)CN(c1ccccc1Cl)S(=O)(=O)c1ccccc1. The van der Waals surface area contributed by atoms with E-state index >= 15 is 0 Å². The highest BCUT2D eigenvalue weighted by atomic mass is 35.5. The first-order valence-electron chi connectivity index (χ1n) is 12.4. The van der Waals surface area contributed by atoms with Crippen molar-refractivity contribution in [1.82, 2.24) is 10.2 Å². The number of sulfonamides is 1. The minimum absolute atomic E-state index is 0.00428. The van der Waals surface area contributed by atoms with E-state index in [0.29, 0.717) is 22.2 Å². The van der Waals surface area contributed by atoms with E-state index in [1.807, 2.05) is 6.92 Å². The van der Waals surface area contributed by atoms with E-state index < -0.39 is 28.5 Å². The van der Waals surface area contributed by atoms with Crippen LogP contribution in [0, 0.1) is 0 Å². The molecule has 11 heteroatoms. The highest BCUT2D eigenvalue weighted by Gasteiger charge is 2.33. The fourth-order valence-corrected chi connectivity index (χ4v) is 6.05. The Hall–Kier alpha value is -2.78. The molecule has 0 aromatic heterocycles. The smallest absolute Gasteiger partial charge is 0.264 e. The number of nitrogens with one attached hydrogen (secondary N) is 1. The average Bonchev–Trinajstić information content (AvgIpc) is 2.92. The summed E-state index contributed by atoms with van der Waals surface area (Å²) in [6, 6.07) is 18.1. The summed E-state index contributed by atoms with van der Waals surface area (Å²) >= 11 is 18.8. The Morgan fingerprint density at radius 2 is 1.59 bits per heavy atom. The Labute approximate surface area is 244 Å². The van der Waals surface area contributed by atoms with E-state index in [9.17, 15) is 18.0 Å². The Bertz CT molecular complexity index is 1400. The molecule has 3 aromatic carbocycles. The van der Waals surface area contributed by atoms with Crippen molar-refractivity contribution in [2.75, 3.05) is 17.4 Å². The molecule has 1 N–H and O–H groups in total. The molecule has 0 aliphatic rings. The van der Waals surface area contributed by atoms with Crippen molar-refractivity contribution >= 4 is 62.3 Å². The Kier molecular flexibility index (Phi) is 11.1. The quantitative estimate of drug-likeness (QED) is 0.248. The molecule has 0 saturated carbocycles. The summed E-state index contributed by atoms with van der Waals surface area (Å²) in [5, 5.41) is 3.73. The number of hydrogen-bond donors (Lipinski definition) is 1. The van der Waals surface area contributed by atoms with Crippen LogP contribution in [0.4, 0.5) is 5.69 Å². The molecule has 0 radical (unpaired) electrons. The number of carbonyl (C=O) groups is 2. The zero-order chi connectivity index (χ0) is 28.6. The first-order valence-corrected chi connectivity index (χ1v) is 15.0. The maximum absolute atomic E-state index is 13.9. The number of para-hydroxylation sites is 1. The number of unbranched alkanes of at least 4 members (excludes halogenated alkanes) is 1. The summed E-state index contributed by atoms with van der Waals surface area (Å²) in [5.41, 5.74) is 0.693. The van der Waals surface area contributed by atoms with Crippen molar-refractivity contribution < 1.29 is 18.0 Å². The maximum Gasteiger partial charge on any atom is 0.264 e. The van der Waals surface area contributed by atoms with Crippen LogP contribution in [0.15, 0.2) is 77.7 Å². The molecule has 0 spiro atoms. The molecule has 39 heavy (non-hydrogen) atoms. The van der Waals surface area contributed by atoms with E-state index in [1.165, 1.54) is 23.1 Å². The third kappa shape index (κ3) is 7.88. The minimum Gasteiger partial charge on any atom is -0.354 e. The zero-order valence-corrected chi connectivity index (χ0v) is 24.7. The van der Waals surface area contributed by atoms with Crippen LogP contribution in [-0.4, -0.2) is 44.3 Å². The summed E-state index contributed by atoms with van der Waals surface area (Å²) in [4.78, 5) is 28.2. The molecule has 3 aromatic rings. The number of halogens is 3. The lowest BCUT2D eigenvalue weighted by Crippen LogP contribution is -2.51. The third-order valence-corrected chi connectivity index (χ3v) is 8.76. The van der Waals surface area contributed by atoms with Gasteiger partial charge in [-0.1, -0.05) is 84.5 Å². The normalized spacial score (nSPS) is 12.0. The van der Waals surface area contributed by atoms with Crippen LogP contribution < -0.4 is 9.62 Å². The van der Waals surface area contributed by atoms with Crippen molar-refractivity contribution in [2.45, 2.75) is 44.2 Å². The molecule has 2 amide bonds. The van der Waals surface area contributed by atoms with Gasteiger partial charge in [0.1, 0.15) is 12.6 Å². The van der Waals surface area contributed by atoms with E-state index in [2.05, 4.69) is 5.32 Å². The molecule has 208 valence electrons. The van der Waals surface area contributed by atoms with E-state index in [4.69, 9.17) is 34.8 Å². The van der Waals surface area contributed by atoms with Gasteiger partial charge in [0.2, 0.25) is 11.8 Å². The summed E-state index contributed by atoms with van der Waals surface area (Å²) in [6.45, 7) is 3.41. The predicted octanol–water partition coefficient (Wildman–Crippen LogP) is 6.18. The second-order valence-corrected chi connectivity index (χ2v) is 12.0. The molecule has 0 aliphatic heterocycles. The van der Waals surface area contributed by atoms with Crippen LogP contribution in [0.2, 0.25) is 15.1 Å². The fraction of sp³-hybridized carbons (Fsp3) is 0.286. The summed E-state index contributed by atoms with van der Waals surface area (Å²) in [6.07, 6.45) is 1.67. The topological polar surface area (TPSA) is 86.8 Å². The lowest BCUT2D eigenvalue weighted by Gasteiger charge is -2.32. The summed E-state index contributed by atoms with van der Waals surface area (Å²) in [5.74, 6) is -0.976. The van der Waals surface area contributed by atoms with Crippen molar-refractivity contribution in [2.24, 2.45) is 0 Å². The van der Waals surface area contributed by atoms with Gasteiger partial charge in [-0.2, -0.15) is 0 Å². The summed E-state index contributed by atoms with van der Waals surface area (Å²) in [7, 11) is -4.20. The Morgan fingerprint density at radius 3 is 2.23 bits per heavy atom. The molecule has 0 aliphatic carbocycles. The largest absolute Gasteiger partial charge is 0.354 e. The van der Waals surface area contributed by atoms with Gasteiger partial charge in [0, 0.05) is 23.1 Å². The molecule has 0 unspecified atom stereocenters. The molecule has 3 rings (SSSR count).